The predicted octanol–water partition coefficient (Wildman–Crippen LogP) is 3.55. The molecule has 0 amide bonds. The molecule has 18 heavy (non-hydrogen) atoms. The fourth-order valence-corrected chi connectivity index (χ4v) is 4.54. The molecule has 0 aliphatic carbocycles. The van der Waals surface area contributed by atoms with Gasteiger partial charge >= 0.3 is 0 Å². The number of anilines is 2. The number of nitrogens with one attached hydrogen (secondary N) is 1. The Morgan fingerprint density at radius 3 is 2.56 bits per heavy atom. The van der Waals surface area contributed by atoms with Gasteiger partial charge in [0.25, 0.3) is 10.0 Å². The highest BCUT2D eigenvalue weighted by atomic mass is 79.9. The van der Waals surface area contributed by atoms with Crippen LogP contribution in [-0.4, -0.2) is 8.42 Å². The van der Waals surface area contributed by atoms with Crippen LogP contribution in [0.4, 0.5) is 11.4 Å². The van der Waals surface area contributed by atoms with Crippen LogP contribution < -0.4 is 10.5 Å². The molecule has 1 aromatic carbocycles. The van der Waals surface area contributed by atoms with E-state index in [9.17, 15) is 8.42 Å². The van der Waals surface area contributed by atoms with Crippen LogP contribution in [0.3, 0.4) is 0 Å². The van der Waals surface area contributed by atoms with Crippen LogP contribution in [-0.2, 0) is 10.0 Å². The van der Waals surface area contributed by atoms with Gasteiger partial charge in [0, 0.05) is 5.02 Å². The zero-order valence-electron chi connectivity index (χ0n) is 8.85. The van der Waals surface area contributed by atoms with Gasteiger partial charge in [-0.25, -0.2) is 8.42 Å². The summed E-state index contributed by atoms with van der Waals surface area (Å²) in [5.74, 6) is 0. The summed E-state index contributed by atoms with van der Waals surface area (Å²) in [5.41, 5.74) is 6.28. The summed E-state index contributed by atoms with van der Waals surface area (Å²) < 4.78 is 27.5. The van der Waals surface area contributed by atoms with Crippen molar-refractivity contribution in [1.29, 1.82) is 0 Å². The fourth-order valence-electron chi connectivity index (χ4n) is 1.26. The molecule has 0 saturated carbocycles. The van der Waals surface area contributed by atoms with E-state index in [1.165, 1.54) is 18.2 Å². The molecule has 2 rings (SSSR count). The summed E-state index contributed by atoms with van der Waals surface area (Å²) in [4.78, 5) is 0. The fraction of sp³-hybridized carbons (Fsp3) is 0. The molecule has 0 saturated heterocycles. The van der Waals surface area contributed by atoms with Crippen LogP contribution >= 0.6 is 38.9 Å². The number of nitrogen functional groups attached to an aromatic ring is 1. The van der Waals surface area contributed by atoms with Crippen molar-refractivity contribution >= 4 is 60.3 Å². The lowest BCUT2D eigenvalue weighted by atomic mass is 10.3. The molecule has 1 aromatic heterocycles. The van der Waals surface area contributed by atoms with Crippen molar-refractivity contribution in [2.75, 3.05) is 10.5 Å². The number of nitrogens with two attached hydrogens (primary N) is 1. The normalized spacial score (nSPS) is 11.4. The first-order chi connectivity index (χ1) is 8.38. The van der Waals surface area contributed by atoms with Gasteiger partial charge < -0.3 is 5.73 Å². The zero-order chi connectivity index (χ0) is 13.3. The highest BCUT2D eigenvalue weighted by Crippen LogP contribution is 2.29. The Balaban J connectivity index is 2.33. The van der Waals surface area contributed by atoms with Gasteiger partial charge in [0.15, 0.2) is 0 Å². The molecular weight excluding hydrogens is 360 g/mol. The van der Waals surface area contributed by atoms with E-state index in [2.05, 4.69) is 20.7 Å². The Hall–Kier alpha value is -0.760. The Labute approximate surface area is 122 Å². The van der Waals surface area contributed by atoms with E-state index in [-0.39, 0.29) is 9.90 Å². The lowest BCUT2D eigenvalue weighted by molar-refractivity contribution is 0.603. The molecule has 96 valence electrons. The first kappa shape index (κ1) is 13.7. The molecule has 0 aliphatic heterocycles. The van der Waals surface area contributed by atoms with Crippen molar-refractivity contribution in [1.82, 2.24) is 0 Å². The van der Waals surface area contributed by atoms with Crippen LogP contribution in [0.5, 0.6) is 0 Å². The highest BCUT2D eigenvalue weighted by molar-refractivity contribution is 9.11. The van der Waals surface area contributed by atoms with Crippen molar-refractivity contribution in [2.24, 2.45) is 0 Å². The quantitative estimate of drug-likeness (QED) is 0.815. The molecule has 2 aromatic rings. The molecule has 0 fully saturated rings. The molecule has 0 unspecified atom stereocenters. The summed E-state index contributed by atoms with van der Waals surface area (Å²) in [6.07, 6.45) is 0. The van der Waals surface area contributed by atoms with E-state index in [4.69, 9.17) is 17.3 Å². The number of thiophene rings is 1. The summed E-state index contributed by atoms with van der Waals surface area (Å²) in [6.45, 7) is 0. The average molecular weight is 368 g/mol. The molecule has 0 atom stereocenters. The van der Waals surface area contributed by atoms with Gasteiger partial charge in [-0.15, -0.1) is 11.3 Å². The lowest BCUT2D eigenvalue weighted by Crippen LogP contribution is -2.12. The largest absolute Gasteiger partial charge is 0.397 e. The molecule has 3 N–H and O–H groups in total. The SMILES string of the molecule is Nc1cc(Cl)ccc1NS(=O)(=O)c1ccc(Br)s1. The van der Waals surface area contributed by atoms with Crippen molar-refractivity contribution in [2.45, 2.75) is 4.21 Å². The summed E-state index contributed by atoms with van der Waals surface area (Å²) in [6, 6.07) is 7.77. The number of sulfonamides is 1. The average Bonchev–Trinajstić information content (AvgIpc) is 2.70. The maximum atomic E-state index is 12.0. The van der Waals surface area contributed by atoms with Gasteiger partial charge in [0.1, 0.15) is 4.21 Å². The van der Waals surface area contributed by atoms with E-state index in [0.29, 0.717) is 10.7 Å². The van der Waals surface area contributed by atoms with Gasteiger partial charge in [-0.1, -0.05) is 11.6 Å². The standard InChI is InChI=1S/C10H8BrClN2O2S2/c11-9-3-4-10(17-9)18(15,16)14-8-2-1-6(12)5-7(8)13/h1-5,14H,13H2. The third-order valence-corrected chi connectivity index (χ3v) is 5.79. The Kier molecular flexibility index (Phi) is 3.86. The molecule has 1 heterocycles. The minimum Gasteiger partial charge on any atom is -0.397 e. The maximum Gasteiger partial charge on any atom is 0.271 e. The molecule has 0 aliphatic rings. The number of hydrogen-bond donors (Lipinski definition) is 2. The van der Waals surface area contributed by atoms with Gasteiger partial charge in [-0.05, 0) is 46.3 Å². The predicted molar refractivity (Wildman–Crippen MR) is 78.7 cm³/mol. The van der Waals surface area contributed by atoms with E-state index in [1.54, 1.807) is 12.1 Å². The first-order valence-corrected chi connectivity index (χ1v) is 8.19. The van der Waals surface area contributed by atoms with Crippen molar-refractivity contribution in [3.05, 3.63) is 39.1 Å². The second kappa shape index (κ2) is 5.08. The van der Waals surface area contributed by atoms with Crippen molar-refractivity contribution in [3.63, 3.8) is 0 Å². The summed E-state index contributed by atoms with van der Waals surface area (Å²) in [7, 11) is -3.61. The van der Waals surface area contributed by atoms with Gasteiger partial charge in [-0.3, -0.25) is 4.72 Å². The Morgan fingerprint density at radius 1 is 1.28 bits per heavy atom. The lowest BCUT2D eigenvalue weighted by Gasteiger charge is -2.09. The van der Waals surface area contributed by atoms with E-state index < -0.39 is 10.0 Å². The maximum absolute atomic E-state index is 12.0. The minimum absolute atomic E-state index is 0.212. The summed E-state index contributed by atoms with van der Waals surface area (Å²) >= 11 is 10.1. The van der Waals surface area contributed by atoms with Crippen LogP contribution in [0.1, 0.15) is 0 Å². The Morgan fingerprint density at radius 2 is 2.00 bits per heavy atom. The van der Waals surface area contributed by atoms with Crippen LogP contribution in [0.2, 0.25) is 5.02 Å². The number of hydrogen-bond acceptors (Lipinski definition) is 4. The monoisotopic (exact) mass is 366 g/mol. The van der Waals surface area contributed by atoms with E-state index in [0.717, 1.165) is 15.1 Å². The van der Waals surface area contributed by atoms with Crippen molar-refractivity contribution < 1.29 is 8.42 Å². The van der Waals surface area contributed by atoms with Crippen molar-refractivity contribution in [3.8, 4) is 0 Å². The smallest absolute Gasteiger partial charge is 0.271 e. The van der Waals surface area contributed by atoms with Crippen LogP contribution in [0.15, 0.2) is 38.3 Å². The second-order valence-electron chi connectivity index (χ2n) is 3.40. The molecule has 0 spiro atoms. The van der Waals surface area contributed by atoms with Gasteiger partial charge in [-0.2, -0.15) is 0 Å². The third-order valence-electron chi connectivity index (χ3n) is 2.07. The van der Waals surface area contributed by atoms with Gasteiger partial charge in [0.05, 0.1) is 15.2 Å². The van der Waals surface area contributed by atoms with Crippen LogP contribution in [0, 0.1) is 0 Å². The molecule has 8 heteroatoms. The van der Waals surface area contributed by atoms with E-state index >= 15 is 0 Å². The molecule has 0 bridgehead atoms. The number of rotatable bonds is 3. The van der Waals surface area contributed by atoms with E-state index in [1.807, 2.05) is 0 Å². The number of halogens is 2. The number of benzene rings is 1. The third kappa shape index (κ3) is 2.97. The highest BCUT2D eigenvalue weighted by Gasteiger charge is 2.17. The van der Waals surface area contributed by atoms with Crippen LogP contribution in [0.25, 0.3) is 0 Å². The molecule has 0 radical (unpaired) electrons. The summed E-state index contributed by atoms with van der Waals surface area (Å²) in [5, 5.41) is 0.453. The minimum atomic E-state index is -3.61. The zero-order valence-corrected chi connectivity index (χ0v) is 12.8. The topological polar surface area (TPSA) is 72.2 Å². The Bertz CT molecular complexity index is 685. The molecule has 4 nitrogen and oxygen atoms in total. The first-order valence-electron chi connectivity index (χ1n) is 4.72. The van der Waals surface area contributed by atoms with Gasteiger partial charge in [0.2, 0.25) is 0 Å². The second-order valence-corrected chi connectivity index (χ2v) is 8.20. The molecular formula is C10H8BrClN2O2S2.